The Morgan fingerprint density at radius 2 is 1.67 bits per heavy atom. The number of rotatable bonds is 3. The first-order valence-electron chi connectivity index (χ1n) is 5.49. The second-order valence-corrected chi connectivity index (χ2v) is 3.87. The Morgan fingerprint density at radius 3 is 2.19 bits per heavy atom. The van der Waals surface area contributed by atoms with Gasteiger partial charge >= 0.3 is 6.18 Å². The van der Waals surface area contributed by atoms with Gasteiger partial charge in [-0.25, -0.2) is 14.6 Å². The number of pyridine rings is 1. The maximum absolute atomic E-state index is 13.4. The molecule has 21 heavy (non-hydrogen) atoms. The third kappa shape index (κ3) is 3.37. The molecule has 0 aliphatic heterocycles. The van der Waals surface area contributed by atoms with E-state index in [1.54, 1.807) is 0 Å². The molecular formula is C12H8F5N3O. The van der Waals surface area contributed by atoms with Gasteiger partial charge in [0, 0.05) is 6.07 Å². The van der Waals surface area contributed by atoms with Gasteiger partial charge in [-0.15, -0.1) is 0 Å². The number of nitrogens with zero attached hydrogens (tertiary/aromatic N) is 1. The van der Waals surface area contributed by atoms with Crippen molar-refractivity contribution in [1.29, 1.82) is 0 Å². The summed E-state index contributed by atoms with van der Waals surface area (Å²) in [6.07, 6.45) is -4.49. The summed E-state index contributed by atoms with van der Waals surface area (Å²) in [5.41, 5.74) is 1.01. The summed E-state index contributed by atoms with van der Waals surface area (Å²) >= 11 is 0. The molecule has 0 atom stereocenters. The van der Waals surface area contributed by atoms with Gasteiger partial charge in [-0.2, -0.15) is 18.2 Å². The van der Waals surface area contributed by atoms with E-state index in [0.29, 0.717) is 6.07 Å². The molecule has 0 saturated carbocycles. The Balaban J connectivity index is 2.26. The molecule has 112 valence electrons. The number of nitrogens with two attached hydrogens (primary N) is 1. The van der Waals surface area contributed by atoms with Crippen molar-refractivity contribution in [1.82, 2.24) is 4.98 Å². The number of hydrazine groups is 1. The number of benzene rings is 1. The van der Waals surface area contributed by atoms with E-state index < -0.39 is 35.1 Å². The Morgan fingerprint density at radius 1 is 1.05 bits per heavy atom. The second kappa shape index (κ2) is 5.52. The minimum atomic E-state index is -4.49. The average Bonchev–Trinajstić information content (AvgIpc) is 2.41. The lowest BCUT2D eigenvalue weighted by Gasteiger charge is -2.10. The summed E-state index contributed by atoms with van der Waals surface area (Å²) in [5.74, 6) is 1.65. The van der Waals surface area contributed by atoms with Crippen LogP contribution in [0.5, 0.6) is 11.6 Å². The average molecular weight is 305 g/mol. The molecule has 0 spiro atoms. The van der Waals surface area contributed by atoms with Gasteiger partial charge in [0.2, 0.25) is 0 Å². The van der Waals surface area contributed by atoms with Crippen molar-refractivity contribution in [2.24, 2.45) is 5.84 Å². The fraction of sp³-hybridized carbons (Fsp3) is 0.0833. The molecule has 0 fully saturated rings. The molecule has 0 bridgehead atoms. The van der Waals surface area contributed by atoms with E-state index >= 15 is 0 Å². The van der Waals surface area contributed by atoms with E-state index in [9.17, 15) is 22.0 Å². The van der Waals surface area contributed by atoms with Crippen molar-refractivity contribution < 1.29 is 26.7 Å². The second-order valence-electron chi connectivity index (χ2n) is 3.87. The molecular weight excluding hydrogens is 297 g/mol. The number of hydrogen-bond acceptors (Lipinski definition) is 4. The van der Waals surface area contributed by atoms with Gasteiger partial charge in [-0.05, 0) is 24.3 Å². The van der Waals surface area contributed by atoms with Gasteiger partial charge in [-0.1, -0.05) is 0 Å². The zero-order chi connectivity index (χ0) is 15.6. The maximum Gasteiger partial charge on any atom is 0.416 e. The number of alkyl halides is 3. The van der Waals surface area contributed by atoms with Crippen LogP contribution in [0.15, 0.2) is 30.3 Å². The number of anilines is 1. The lowest BCUT2D eigenvalue weighted by molar-refractivity contribution is -0.137. The van der Waals surface area contributed by atoms with Crippen LogP contribution in [0.4, 0.5) is 27.8 Å². The van der Waals surface area contributed by atoms with E-state index in [0.717, 1.165) is 24.3 Å². The standard InChI is InChI=1S/C12H8F5N3O/c13-8-5-9(14)11(19-10(8)20-18)21-7-3-1-6(2-4-7)12(15,16)17/h1-5H,18H2,(H,19,20). The Labute approximate surface area is 115 Å². The van der Waals surface area contributed by atoms with Crippen molar-refractivity contribution in [2.75, 3.05) is 5.43 Å². The van der Waals surface area contributed by atoms with Crippen LogP contribution in [0.25, 0.3) is 0 Å². The molecule has 3 N–H and O–H groups in total. The van der Waals surface area contributed by atoms with E-state index in [2.05, 4.69) is 4.98 Å². The van der Waals surface area contributed by atoms with E-state index in [-0.39, 0.29) is 5.75 Å². The highest BCUT2D eigenvalue weighted by Crippen LogP contribution is 2.32. The lowest BCUT2D eigenvalue weighted by atomic mass is 10.2. The zero-order valence-corrected chi connectivity index (χ0v) is 10.2. The van der Waals surface area contributed by atoms with Crippen LogP contribution in [-0.4, -0.2) is 4.98 Å². The molecule has 0 aliphatic rings. The third-order valence-corrected chi connectivity index (χ3v) is 2.43. The van der Waals surface area contributed by atoms with Crippen LogP contribution >= 0.6 is 0 Å². The Kier molecular flexibility index (Phi) is 3.94. The fourth-order valence-corrected chi connectivity index (χ4v) is 1.45. The SMILES string of the molecule is NNc1nc(Oc2ccc(C(F)(F)F)cc2)c(F)cc1F. The maximum atomic E-state index is 13.4. The minimum absolute atomic E-state index is 0.0935. The van der Waals surface area contributed by atoms with Crippen LogP contribution in [0.1, 0.15) is 5.56 Å². The first-order valence-corrected chi connectivity index (χ1v) is 5.49. The Hall–Kier alpha value is -2.42. The molecule has 0 unspecified atom stereocenters. The number of halogens is 5. The largest absolute Gasteiger partial charge is 0.436 e. The number of aromatic nitrogens is 1. The highest BCUT2D eigenvalue weighted by Gasteiger charge is 2.30. The van der Waals surface area contributed by atoms with Crippen molar-refractivity contribution in [3.8, 4) is 11.6 Å². The van der Waals surface area contributed by atoms with Crippen molar-refractivity contribution in [3.05, 3.63) is 47.5 Å². The summed E-state index contributed by atoms with van der Waals surface area (Å²) in [6.45, 7) is 0. The van der Waals surface area contributed by atoms with Gasteiger partial charge in [0.15, 0.2) is 17.5 Å². The highest BCUT2D eigenvalue weighted by molar-refractivity contribution is 5.40. The zero-order valence-electron chi connectivity index (χ0n) is 10.2. The lowest BCUT2D eigenvalue weighted by Crippen LogP contribution is -2.11. The van der Waals surface area contributed by atoms with Crippen LogP contribution in [-0.2, 0) is 6.18 Å². The van der Waals surface area contributed by atoms with Gasteiger partial charge < -0.3 is 10.2 Å². The Bertz CT molecular complexity index is 643. The first-order chi connectivity index (χ1) is 9.81. The van der Waals surface area contributed by atoms with Crippen LogP contribution in [0.3, 0.4) is 0 Å². The quantitative estimate of drug-likeness (QED) is 0.518. The van der Waals surface area contributed by atoms with E-state index in [4.69, 9.17) is 10.6 Å². The van der Waals surface area contributed by atoms with Gasteiger partial charge in [0.05, 0.1) is 5.56 Å². The molecule has 4 nitrogen and oxygen atoms in total. The molecule has 0 saturated heterocycles. The van der Waals surface area contributed by atoms with Crippen molar-refractivity contribution in [2.45, 2.75) is 6.18 Å². The molecule has 1 aromatic heterocycles. The summed E-state index contributed by atoms with van der Waals surface area (Å²) < 4.78 is 68.7. The van der Waals surface area contributed by atoms with Crippen molar-refractivity contribution in [3.63, 3.8) is 0 Å². The highest BCUT2D eigenvalue weighted by atomic mass is 19.4. The predicted octanol–water partition coefficient (Wildman–Crippen LogP) is 3.46. The van der Waals surface area contributed by atoms with Crippen LogP contribution in [0, 0.1) is 11.6 Å². The molecule has 2 rings (SSSR count). The normalized spacial score (nSPS) is 11.3. The predicted molar refractivity (Wildman–Crippen MR) is 63.5 cm³/mol. The molecule has 9 heteroatoms. The van der Waals surface area contributed by atoms with Gasteiger partial charge in [-0.3, -0.25) is 0 Å². The number of nitrogens with one attached hydrogen (secondary N) is 1. The van der Waals surface area contributed by atoms with Crippen LogP contribution in [0.2, 0.25) is 0 Å². The summed E-state index contributed by atoms with van der Waals surface area (Å²) in [5, 5.41) is 0. The van der Waals surface area contributed by atoms with Gasteiger partial charge in [0.25, 0.3) is 5.88 Å². The summed E-state index contributed by atoms with van der Waals surface area (Å²) in [4.78, 5) is 3.43. The minimum Gasteiger partial charge on any atom is -0.436 e. The third-order valence-electron chi connectivity index (χ3n) is 2.43. The molecule has 1 heterocycles. The topological polar surface area (TPSA) is 60.2 Å². The number of hydrogen-bond donors (Lipinski definition) is 2. The fourth-order valence-electron chi connectivity index (χ4n) is 1.45. The molecule has 0 aliphatic carbocycles. The van der Waals surface area contributed by atoms with Gasteiger partial charge in [0.1, 0.15) is 5.75 Å². The molecule has 0 amide bonds. The first kappa shape index (κ1) is 15.0. The summed E-state index contributed by atoms with van der Waals surface area (Å²) in [7, 11) is 0. The summed E-state index contributed by atoms with van der Waals surface area (Å²) in [6, 6.07) is 3.99. The van der Waals surface area contributed by atoms with E-state index in [1.165, 1.54) is 0 Å². The van der Waals surface area contributed by atoms with Crippen molar-refractivity contribution >= 4 is 5.82 Å². The smallest absolute Gasteiger partial charge is 0.416 e. The number of ether oxygens (including phenoxy) is 1. The molecule has 1 aromatic carbocycles. The number of nitrogen functional groups attached to an aromatic ring is 1. The van der Waals surface area contributed by atoms with Crippen LogP contribution < -0.4 is 16.0 Å². The molecule has 0 radical (unpaired) electrons. The van der Waals surface area contributed by atoms with E-state index in [1.807, 2.05) is 5.43 Å². The monoisotopic (exact) mass is 305 g/mol. The molecule has 2 aromatic rings.